The minimum atomic E-state index is -2.50. The highest BCUT2D eigenvalue weighted by Gasteiger charge is 2.40. The van der Waals surface area contributed by atoms with Gasteiger partial charge in [0.25, 0.3) is 0 Å². The molecule has 0 aromatic heterocycles. The zero-order valence-corrected chi connectivity index (χ0v) is 107. The summed E-state index contributed by atoms with van der Waals surface area (Å²) in [6, 6.07) is 3.53. The van der Waals surface area contributed by atoms with Crippen LogP contribution >= 0.6 is 0 Å². The number of nitrogens with zero attached hydrogens (tertiary/aromatic N) is 15. The molecule has 0 unspecified atom stereocenters. The van der Waals surface area contributed by atoms with Crippen LogP contribution in [0.15, 0.2) is 49.9 Å². The number of unbranched alkanes of at least 4 members (excludes halogenated alkanes) is 2. The zero-order valence-electron chi connectivity index (χ0n) is 102. The van der Waals surface area contributed by atoms with Crippen molar-refractivity contribution in [2.24, 2.45) is 97.3 Å². The van der Waals surface area contributed by atoms with Gasteiger partial charge in [-0.2, -0.15) is 0 Å². The van der Waals surface area contributed by atoms with Gasteiger partial charge in [0.05, 0.1) is 52.4 Å². The lowest BCUT2D eigenvalue weighted by Crippen LogP contribution is -2.46. The first-order chi connectivity index (χ1) is 68.2. The van der Waals surface area contributed by atoms with E-state index in [2.05, 4.69) is 210 Å². The lowest BCUT2D eigenvalue weighted by atomic mass is 9.98. The molecule has 2 aliphatic carbocycles. The number of hydrogen-bond donors (Lipinski definition) is 0. The van der Waals surface area contributed by atoms with Crippen LogP contribution in [0.2, 0.25) is 43.8 Å². The highest BCUT2D eigenvalue weighted by atomic mass is 28.4. The second kappa shape index (κ2) is 90.5. The third-order valence-electron chi connectivity index (χ3n) is 26.1. The van der Waals surface area contributed by atoms with E-state index in [1.807, 2.05) is 7.11 Å². The summed E-state index contributed by atoms with van der Waals surface area (Å²) < 4.78 is 67.1. The maximum Gasteiger partial charge on any atom is 0.500 e. The van der Waals surface area contributed by atoms with Gasteiger partial charge in [0.1, 0.15) is 0 Å². The van der Waals surface area contributed by atoms with Crippen molar-refractivity contribution in [2.75, 3.05) is 249 Å². The standard InChI is InChI=1S/C26H55N3O3Si.C22H43N3O3Si.C22H47N3O3Si.C22H47N3O2Si.C20H43N3OSi/c1-23(2)21-25(5)27-15-10-12-17-29(19-14-20-33(30-7,31-8)32-9)18-13-11-16-28-26(6)22-24(3)4;1-26-29(27-2,28-3)20-10-17-25(18-15-23-21-11-6-4-7-12-21)19-16-24-22-13-8-5-9-14-22;1-19(2)17-21(5)23-11-14-25(15-12-24-22(6)18-20(3)4)13-10-16-29(26-7,27-8)28-9;1-19(2)17-21(5)23-11-14-25(13-10-16-28(9,26-7)27-8)15-12-24-22(6)18-20(3)4;1-17(2)14-19(5)21-10-12-23(16-25(8,9)24-7)13-11-22-20(6)15-18(3)4/h23-24H,10-22H2,1-9H3;4-20H2,1-3H3;19-20H,10-18H2,1-9H3;19-20H,10-18H2,1-9H3;17-18H,10-16H2,1-9H3. The molecular formula is C112H235N15O12Si5. The van der Waals surface area contributed by atoms with Gasteiger partial charge >= 0.3 is 35.0 Å². The zero-order chi connectivity index (χ0) is 109. The van der Waals surface area contributed by atoms with Crippen LogP contribution in [0.5, 0.6) is 0 Å². The highest BCUT2D eigenvalue weighted by molar-refractivity contribution is 6.71. The fourth-order valence-electron chi connectivity index (χ4n) is 18.3. The Bertz CT molecular complexity index is 3210. The van der Waals surface area contributed by atoms with Crippen LogP contribution in [0.4, 0.5) is 0 Å². The van der Waals surface area contributed by atoms with Crippen molar-refractivity contribution in [1.29, 1.82) is 0 Å². The molecule has 2 fully saturated rings. The first-order valence-corrected chi connectivity index (χ1v) is 67.9. The minimum absolute atomic E-state index is 0.656. The molecule has 27 nitrogen and oxygen atoms in total. The molecule has 0 aromatic carbocycles. The number of aliphatic imine (C=N–C) groups is 10. The van der Waals surface area contributed by atoms with Crippen LogP contribution in [0, 0.1) is 47.3 Å². The fraction of sp³-hybridized carbons (Fsp3) is 0.911. The van der Waals surface area contributed by atoms with E-state index in [0.717, 1.165) is 277 Å². The van der Waals surface area contributed by atoms with E-state index in [1.54, 1.807) is 78.2 Å². The average Bonchev–Trinajstić information content (AvgIpc) is 0.979. The Balaban J connectivity index is -0.00000173. The Morgan fingerprint density at radius 1 is 0.222 bits per heavy atom. The molecule has 0 spiro atoms. The smallest absolute Gasteiger partial charge is 0.419 e. The van der Waals surface area contributed by atoms with E-state index in [-0.39, 0.29) is 0 Å². The monoisotopic (exact) mass is 2120 g/mol. The van der Waals surface area contributed by atoms with Gasteiger partial charge < -0.3 is 62.9 Å². The molecule has 0 radical (unpaired) electrons. The number of rotatable bonds is 80. The fourth-order valence-corrected chi connectivity index (χ4v) is 26.3. The van der Waals surface area contributed by atoms with E-state index in [9.17, 15) is 0 Å². The molecule has 0 heterocycles. The maximum absolute atomic E-state index is 5.75. The molecule has 0 aliphatic heterocycles. The lowest BCUT2D eigenvalue weighted by molar-refractivity contribution is 0.120. The molecule has 2 saturated carbocycles. The maximum atomic E-state index is 5.75. The predicted molar refractivity (Wildman–Crippen MR) is 639 cm³/mol. The molecule has 0 amide bonds. The molecule has 0 N–H and O–H groups in total. The molecular weight excluding hydrogens is 1890 g/mol. The van der Waals surface area contributed by atoms with Gasteiger partial charge in [0.2, 0.25) is 0 Å². The number of hydrogen-bond acceptors (Lipinski definition) is 27. The van der Waals surface area contributed by atoms with Crippen LogP contribution < -0.4 is 0 Å². The molecule has 850 valence electrons. The van der Waals surface area contributed by atoms with Crippen LogP contribution in [-0.2, 0) is 53.1 Å². The first kappa shape index (κ1) is 145. The molecule has 144 heavy (non-hydrogen) atoms. The van der Waals surface area contributed by atoms with Crippen molar-refractivity contribution in [3.8, 4) is 0 Å². The summed E-state index contributed by atoms with van der Waals surface area (Å²) in [4.78, 5) is 60.5. The molecule has 0 atom stereocenters. The van der Waals surface area contributed by atoms with Crippen molar-refractivity contribution >= 4 is 100 Å². The summed E-state index contributed by atoms with van der Waals surface area (Å²) in [7, 11) is 9.51. The summed E-state index contributed by atoms with van der Waals surface area (Å²) in [5, 5.41) is 0. The second-order valence-corrected chi connectivity index (χ2v) is 61.7. The Kier molecular flexibility index (Phi) is 91.2. The Labute approximate surface area is 895 Å². The van der Waals surface area contributed by atoms with Crippen LogP contribution in [0.25, 0.3) is 0 Å². The third kappa shape index (κ3) is 83.6. The molecule has 2 rings (SSSR count). The molecule has 2 aliphatic rings. The van der Waals surface area contributed by atoms with Gasteiger partial charge in [-0.15, -0.1) is 0 Å². The van der Waals surface area contributed by atoms with E-state index in [0.29, 0.717) is 47.3 Å². The average molecular weight is 2120 g/mol. The van der Waals surface area contributed by atoms with Crippen molar-refractivity contribution in [1.82, 2.24) is 24.5 Å². The predicted octanol–water partition coefficient (Wildman–Crippen LogP) is 24.8. The normalized spacial score (nSPS) is 14.8. The van der Waals surface area contributed by atoms with Gasteiger partial charge in [-0.05, 0) is 322 Å². The summed E-state index contributed by atoms with van der Waals surface area (Å²) in [5.74, 6) is 5.38. The van der Waals surface area contributed by atoms with E-state index in [1.165, 1.54) is 134 Å². The van der Waals surface area contributed by atoms with Crippen LogP contribution in [-0.4, -0.2) is 373 Å². The summed E-state index contributed by atoms with van der Waals surface area (Å²) in [6.45, 7) is 82.9. The van der Waals surface area contributed by atoms with Crippen molar-refractivity contribution < 1.29 is 53.1 Å². The van der Waals surface area contributed by atoms with Gasteiger partial charge in [-0.25, -0.2) is 0 Å². The van der Waals surface area contributed by atoms with Crippen molar-refractivity contribution in [3.05, 3.63) is 0 Å². The summed E-state index contributed by atoms with van der Waals surface area (Å²) in [5.41, 5.74) is 13.0. The molecule has 0 aromatic rings. The Morgan fingerprint density at radius 2 is 0.417 bits per heavy atom. The van der Waals surface area contributed by atoms with Crippen LogP contribution in [0.1, 0.15) is 333 Å². The second-order valence-electron chi connectivity index (χ2n) is 44.6. The molecule has 32 heteroatoms. The van der Waals surface area contributed by atoms with Gasteiger partial charge in [0.15, 0.2) is 8.32 Å². The Morgan fingerprint density at radius 3 is 0.625 bits per heavy atom. The SMILES string of the molecule is CO[Si](C)(C)CN(CCN=C(C)CC(C)C)CCN=C(C)CC(C)C.CO[Si](C)(CCCN(CCN=C(C)CC(C)C)CCN=C(C)CC(C)C)OC.CO[Si](CCCN(CCCCN=C(C)CC(C)C)CCCCN=C(C)CC(C)C)(OC)OC.CO[Si](CCCN(CCN=C(C)CC(C)C)CCN=C(C)CC(C)C)(OC)OC.CO[Si](CCCN(CCN=C1CCCCC1)CCN=C1CCCCC1)(OC)OC. The largest absolute Gasteiger partial charge is 0.500 e. The van der Waals surface area contributed by atoms with E-state index in [4.69, 9.17) is 103 Å². The van der Waals surface area contributed by atoms with Crippen LogP contribution in [0.3, 0.4) is 0 Å². The van der Waals surface area contributed by atoms with Gasteiger partial charge in [-0.1, -0.05) is 124 Å². The lowest BCUT2D eigenvalue weighted by Gasteiger charge is -2.29. The topological polar surface area (TPSA) is 251 Å². The van der Waals surface area contributed by atoms with Crippen molar-refractivity contribution in [3.63, 3.8) is 0 Å². The highest BCUT2D eigenvalue weighted by Crippen LogP contribution is 2.23. The minimum Gasteiger partial charge on any atom is -0.419 e. The van der Waals surface area contributed by atoms with Crippen molar-refractivity contribution in [2.45, 2.75) is 377 Å². The Hall–Kier alpha value is -2.90. The van der Waals surface area contributed by atoms with Gasteiger partial charge in [0, 0.05) is 232 Å². The van der Waals surface area contributed by atoms with Gasteiger partial charge in [-0.3, -0.25) is 64.6 Å². The molecule has 0 saturated heterocycles. The summed E-state index contributed by atoms with van der Waals surface area (Å²) >= 11 is 0. The van der Waals surface area contributed by atoms with E-state index >= 15 is 0 Å². The van der Waals surface area contributed by atoms with E-state index < -0.39 is 43.3 Å². The first-order valence-electron chi connectivity index (χ1n) is 56.5. The molecule has 0 bridgehead atoms. The third-order valence-corrected chi connectivity index (χ3v) is 39.9. The quantitative estimate of drug-likeness (QED) is 0.0312. The summed E-state index contributed by atoms with van der Waals surface area (Å²) in [6.07, 6.45) is 31.4.